The normalized spacial score (nSPS) is 14.9. The molecular formula is C12H15NO2. The quantitative estimate of drug-likeness (QED) is 0.703. The van der Waals surface area contributed by atoms with Gasteiger partial charge >= 0.3 is 0 Å². The molecule has 1 aliphatic rings. The molecule has 1 aromatic rings. The molecule has 0 unspecified atom stereocenters. The molecule has 0 atom stereocenters. The molecule has 1 amide bonds. The molecule has 0 bridgehead atoms. The van der Waals surface area contributed by atoms with Gasteiger partial charge in [-0.25, -0.2) is 0 Å². The van der Waals surface area contributed by atoms with Crippen LogP contribution in [0, 0.1) is 6.92 Å². The van der Waals surface area contributed by atoms with Gasteiger partial charge in [0.05, 0.1) is 5.69 Å². The Morgan fingerprint density at radius 1 is 1.47 bits per heavy atom. The lowest BCUT2D eigenvalue weighted by atomic mass is 9.96. The Labute approximate surface area is 89.3 Å². The predicted molar refractivity (Wildman–Crippen MR) is 59.2 cm³/mol. The minimum Gasteiger partial charge on any atom is -0.506 e. The van der Waals surface area contributed by atoms with E-state index in [0.29, 0.717) is 12.2 Å². The number of anilines is 1. The van der Waals surface area contributed by atoms with Gasteiger partial charge in [0, 0.05) is 13.5 Å². The maximum Gasteiger partial charge on any atom is 0.223 e. The molecule has 0 saturated heterocycles. The first-order valence-corrected chi connectivity index (χ1v) is 5.21. The van der Waals surface area contributed by atoms with Crippen molar-refractivity contribution in [1.29, 1.82) is 0 Å². The van der Waals surface area contributed by atoms with E-state index in [1.54, 1.807) is 11.0 Å². The van der Waals surface area contributed by atoms with Crippen LogP contribution in [0.4, 0.5) is 5.69 Å². The number of hydrogen-bond acceptors (Lipinski definition) is 2. The molecule has 2 rings (SSSR count). The third-order valence-corrected chi connectivity index (χ3v) is 2.95. The lowest BCUT2D eigenvalue weighted by Gasteiger charge is -2.30. The van der Waals surface area contributed by atoms with Gasteiger partial charge in [0.1, 0.15) is 5.75 Å². The highest BCUT2D eigenvalue weighted by molar-refractivity contribution is 5.94. The van der Waals surface area contributed by atoms with E-state index >= 15 is 0 Å². The van der Waals surface area contributed by atoms with Gasteiger partial charge in [-0.15, -0.1) is 0 Å². The molecule has 3 heteroatoms. The van der Waals surface area contributed by atoms with Crippen LogP contribution in [0.25, 0.3) is 0 Å². The highest BCUT2D eigenvalue weighted by Gasteiger charge is 2.24. The summed E-state index contributed by atoms with van der Waals surface area (Å²) < 4.78 is 0. The van der Waals surface area contributed by atoms with Crippen molar-refractivity contribution in [2.24, 2.45) is 0 Å². The number of carbonyl (C=O) groups excluding carboxylic acids is 1. The number of aryl methyl sites for hydroxylation is 1. The van der Waals surface area contributed by atoms with E-state index in [0.717, 1.165) is 24.0 Å². The zero-order valence-electron chi connectivity index (χ0n) is 9.08. The molecule has 0 fully saturated rings. The standard InChI is InChI=1S/C12H15NO2/c1-8-5-6-11(15)12-10(8)4-3-7-13(12)9(2)14/h5-6,15H,3-4,7H2,1-2H3. The Morgan fingerprint density at radius 2 is 2.20 bits per heavy atom. The number of hydrogen-bond donors (Lipinski definition) is 1. The van der Waals surface area contributed by atoms with Crippen molar-refractivity contribution in [3.05, 3.63) is 23.3 Å². The van der Waals surface area contributed by atoms with Crippen LogP contribution in [-0.2, 0) is 11.2 Å². The van der Waals surface area contributed by atoms with Crippen LogP contribution >= 0.6 is 0 Å². The lowest BCUT2D eigenvalue weighted by molar-refractivity contribution is -0.116. The van der Waals surface area contributed by atoms with Gasteiger partial charge in [-0.3, -0.25) is 4.79 Å². The molecule has 0 aliphatic carbocycles. The average Bonchev–Trinajstić information content (AvgIpc) is 2.23. The Bertz CT molecular complexity index is 412. The Balaban J connectivity index is 2.59. The zero-order chi connectivity index (χ0) is 11.0. The van der Waals surface area contributed by atoms with Crippen molar-refractivity contribution in [2.75, 3.05) is 11.4 Å². The first kappa shape index (κ1) is 10.0. The van der Waals surface area contributed by atoms with Crippen molar-refractivity contribution in [1.82, 2.24) is 0 Å². The summed E-state index contributed by atoms with van der Waals surface area (Å²) in [6, 6.07) is 3.56. The molecular weight excluding hydrogens is 190 g/mol. The van der Waals surface area contributed by atoms with Crippen LogP contribution in [0.15, 0.2) is 12.1 Å². The second-order valence-corrected chi connectivity index (χ2v) is 4.00. The number of phenolic OH excluding ortho intramolecular Hbond substituents is 1. The largest absolute Gasteiger partial charge is 0.506 e. The van der Waals surface area contributed by atoms with E-state index in [4.69, 9.17) is 0 Å². The van der Waals surface area contributed by atoms with Crippen molar-refractivity contribution >= 4 is 11.6 Å². The predicted octanol–water partition coefficient (Wildman–Crippen LogP) is 2.00. The Morgan fingerprint density at radius 3 is 2.87 bits per heavy atom. The van der Waals surface area contributed by atoms with Crippen LogP contribution in [0.1, 0.15) is 24.5 Å². The first-order valence-electron chi connectivity index (χ1n) is 5.21. The van der Waals surface area contributed by atoms with E-state index < -0.39 is 0 Å². The first-order chi connectivity index (χ1) is 7.11. The minimum absolute atomic E-state index is 0.00292. The average molecular weight is 205 g/mol. The SMILES string of the molecule is CC(=O)N1CCCc2c(C)ccc(O)c21. The van der Waals surface area contributed by atoms with Gasteiger partial charge in [-0.1, -0.05) is 6.07 Å². The fourth-order valence-electron chi connectivity index (χ4n) is 2.18. The van der Waals surface area contributed by atoms with Gasteiger partial charge in [0.25, 0.3) is 0 Å². The van der Waals surface area contributed by atoms with Crippen molar-refractivity contribution < 1.29 is 9.90 Å². The van der Waals surface area contributed by atoms with Gasteiger partial charge in [0.2, 0.25) is 5.91 Å². The van der Waals surface area contributed by atoms with E-state index in [1.807, 2.05) is 13.0 Å². The topological polar surface area (TPSA) is 40.5 Å². The van der Waals surface area contributed by atoms with Crippen molar-refractivity contribution in [3.63, 3.8) is 0 Å². The molecule has 1 aromatic carbocycles. The second kappa shape index (κ2) is 3.57. The number of fused-ring (bicyclic) bond motifs is 1. The van der Waals surface area contributed by atoms with Crippen LogP contribution in [0.3, 0.4) is 0 Å². The molecule has 1 heterocycles. The number of rotatable bonds is 0. The summed E-state index contributed by atoms with van der Waals surface area (Å²) in [4.78, 5) is 13.1. The fourth-order valence-corrected chi connectivity index (χ4v) is 2.18. The molecule has 0 radical (unpaired) electrons. The number of amides is 1. The molecule has 80 valence electrons. The number of carbonyl (C=O) groups is 1. The molecule has 3 nitrogen and oxygen atoms in total. The summed E-state index contributed by atoms with van der Waals surface area (Å²) in [7, 11) is 0. The molecule has 1 aliphatic heterocycles. The van der Waals surface area contributed by atoms with E-state index in [2.05, 4.69) is 0 Å². The zero-order valence-corrected chi connectivity index (χ0v) is 9.08. The second-order valence-electron chi connectivity index (χ2n) is 4.00. The number of phenols is 1. The van der Waals surface area contributed by atoms with Gasteiger partial charge in [-0.05, 0) is 37.0 Å². The smallest absolute Gasteiger partial charge is 0.223 e. The molecule has 0 spiro atoms. The van der Waals surface area contributed by atoms with E-state index in [-0.39, 0.29) is 11.7 Å². The van der Waals surface area contributed by atoms with Gasteiger partial charge in [-0.2, -0.15) is 0 Å². The Kier molecular flexibility index (Phi) is 2.39. The maximum absolute atomic E-state index is 11.4. The summed E-state index contributed by atoms with van der Waals surface area (Å²) in [6.07, 6.45) is 1.91. The highest BCUT2D eigenvalue weighted by atomic mass is 16.3. The molecule has 0 aromatic heterocycles. The number of benzene rings is 1. The third-order valence-electron chi connectivity index (χ3n) is 2.95. The molecule has 15 heavy (non-hydrogen) atoms. The van der Waals surface area contributed by atoms with Crippen molar-refractivity contribution in [3.8, 4) is 5.75 Å². The summed E-state index contributed by atoms with van der Waals surface area (Å²) >= 11 is 0. The monoisotopic (exact) mass is 205 g/mol. The number of aromatic hydroxyl groups is 1. The summed E-state index contributed by atoms with van der Waals surface area (Å²) in [6.45, 7) is 4.26. The van der Waals surface area contributed by atoms with Crippen LogP contribution < -0.4 is 4.90 Å². The Hall–Kier alpha value is -1.51. The van der Waals surface area contributed by atoms with Crippen LogP contribution in [0.2, 0.25) is 0 Å². The van der Waals surface area contributed by atoms with E-state index in [1.165, 1.54) is 6.92 Å². The summed E-state index contributed by atoms with van der Waals surface area (Å²) in [5, 5.41) is 9.81. The van der Waals surface area contributed by atoms with Crippen LogP contribution in [0.5, 0.6) is 5.75 Å². The highest BCUT2D eigenvalue weighted by Crippen LogP contribution is 2.37. The van der Waals surface area contributed by atoms with Crippen molar-refractivity contribution in [2.45, 2.75) is 26.7 Å². The maximum atomic E-state index is 11.4. The third kappa shape index (κ3) is 1.58. The lowest BCUT2D eigenvalue weighted by Crippen LogP contribution is -2.33. The molecule has 0 saturated carbocycles. The molecule has 1 N–H and O–H groups in total. The van der Waals surface area contributed by atoms with E-state index in [9.17, 15) is 9.90 Å². The summed E-state index contributed by atoms with van der Waals surface area (Å²) in [5.41, 5.74) is 2.97. The minimum atomic E-state index is -0.00292. The van der Waals surface area contributed by atoms with Crippen LogP contribution in [-0.4, -0.2) is 17.6 Å². The number of nitrogens with zero attached hydrogens (tertiary/aromatic N) is 1. The fraction of sp³-hybridized carbons (Fsp3) is 0.417. The van der Waals surface area contributed by atoms with Gasteiger partial charge in [0.15, 0.2) is 0 Å². The summed E-state index contributed by atoms with van der Waals surface area (Å²) in [5.74, 6) is 0.211. The van der Waals surface area contributed by atoms with Gasteiger partial charge < -0.3 is 10.0 Å².